The molecular formula is C15H15N3O3S. The fourth-order valence-electron chi connectivity index (χ4n) is 1.66. The van der Waals surface area contributed by atoms with Crippen molar-refractivity contribution in [1.29, 1.82) is 0 Å². The third kappa shape index (κ3) is 4.16. The molecule has 1 heterocycles. The molecule has 0 unspecified atom stereocenters. The van der Waals surface area contributed by atoms with Crippen LogP contribution >= 0.6 is 11.3 Å². The maximum absolute atomic E-state index is 12.0. The van der Waals surface area contributed by atoms with Crippen molar-refractivity contribution in [3.05, 3.63) is 52.2 Å². The van der Waals surface area contributed by atoms with Gasteiger partial charge in [-0.2, -0.15) is 5.10 Å². The number of hydrazone groups is 1. The highest BCUT2D eigenvalue weighted by Crippen LogP contribution is 2.15. The molecule has 7 heteroatoms. The smallest absolute Gasteiger partial charge is 0.427 e. The lowest BCUT2D eigenvalue weighted by atomic mass is 10.1. The molecule has 2 aromatic rings. The Balaban J connectivity index is 2.09. The van der Waals surface area contributed by atoms with E-state index in [1.807, 2.05) is 17.5 Å². The molecule has 22 heavy (non-hydrogen) atoms. The van der Waals surface area contributed by atoms with Gasteiger partial charge in [-0.15, -0.1) is 11.3 Å². The number of hydrogen-bond donors (Lipinski definition) is 2. The van der Waals surface area contributed by atoms with Crippen molar-refractivity contribution < 1.29 is 14.3 Å². The number of benzene rings is 1. The monoisotopic (exact) mass is 317 g/mol. The third-order valence-electron chi connectivity index (χ3n) is 2.78. The molecule has 0 spiro atoms. The molecular weight excluding hydrogens is 302 g/mol. The van der Waals surface area contributed by atoms with E-state index >= 15 is 0 Å². The Morgan fingerprint density at radius 1 is 1.23 bits per heavy atom. The van der Waals surface area contributed by atoms with Crippen LogP contribution in [-0.2, 0) is 4.74 Å². The van der Waals surface area contributed by atoms with Gasteiger partial charge in [0.1, 0.15) is 0 Å². The summed E-state index contributed by atoms with van der Waals surface area (Å²) in [5.74, 6) is -0.158. The molecule has 0 aliphatic carbocycles. The van der Waals surface area contributed by atoms with Crippen LogP contribution in [0.15, 0.2) is 46.9 Å². The molecule has 2 N–H and O–H groups in total. The summed E-state index contributed by atoms with van der Waals surface area (Å²) in [6.45, 7) is 1.75. The van der Waals surface area contributed by atoms with Crippen molar-refractivity contribution in [1.82, 2.24) is 5.43 Å². The van der Waals surface area contributed by atoms with Crippen LogP contribution in [0.1, 0.15) is 22.2 Å². The highest BCUT2D eigenvalue weighted by molar-refractivity contribution is 7.12. The summed E-state index contributed by atoms with van der Waals surface area (Å²) in [7, 11) is 1.26. The largest absolute Gasteiger partial charge is 0.452 e. The predicted molar refractivity (Wildman–Crippen MR) is 86.5 cm³/mol. The molecule has 0 saturated carbocycles. The van der Waals surface area contributed by atoms with E-state index in [1.165, 1.54) is 18.4 Å². The first-order valence-electron chi connectivity index (χ1n) is 6.43. The number of rotatable bonds is 4. The molecule has 0 radical (unpaired) electrons. The van der Waals surface area contributed by atoms with E-state index in [4.69, 9.17) is 0 Å². The van der Waals surface area contributed by atoms with Gasteiger partial charge < -0.3 is 10.1 Å². The molecule has 6 nitrogen and oxygen atoms in total. The van der Waals surface area contributed by atoms with E-state index in [9.17, 15) is 9.59 Å². The minimum absolute atomic E-state index is 0.158. The van der Waals surface area contributed by atoms with E-state index < -0.39 is 6.09 Å². The number of hydrogen-bond acceptors (Lipinski definition) is 5. The summed E-state index contributed by atoms with van der Waals surface area (Å²) < 4.78 is 4.44. The van der Waals surface area contributed by atoms with Gasteiger partial charge in [-0.05, 0) is 36.1 Å². The van der Waals surface area contributed by atoms with E-state index in [0.717, 1.165) is 5.56 Å². The van der Waals surface area contributed by atoms with Crippen LogP contribution in [0, 0.1) is 0 Å². The summed E-state index contributed by atoms with van der Waals surface area (Å²) in [4.78, 5) is 23.6. The number of ether oxygens (including phenoxy) is 1. The van der Waals surface area contributed by atoms with Crippen molar-refractivity contribution in [3.63, 3.8) is 0 Å². The van der Waals surface area contributed by atoms with Crippen LogP contribution in [0.25, 0.3) is 0 Å². The molecule has 0 saturated heterocycles. The number of carbonyl (C=O) groups is 2. The molecule has 2 amide bonds. The zero-order chi connectivity index (χ0) is 15.9. The van der Waals surface area contributed by atoms with Crippen molar-refractivity contribution in [2.75, 3.05) is 12.4 Å². The second-order valence-corrected chi connectivity index (χ2v) is 5.26. The lowest BCUT2D eigenvalue weighted by Crippen LogP contribution is -2.18. The first-order valence-corrected chi connectivity index (χ1v) is 7.31. The van der Waals surface area contributed by atoms with E-state index in [0.29, 0.717) is 16.3 Å². The van der Waals surface area contributed by atoms with Crippen LogP contribution in [0.5, 0.6) is 0 Å². The zero-order valence-corrected chi connectivity index (χ0v) is 12.9. The van der Waals surface area contributed by atoms with Crippen molar-refractivity contribution >= 4 is 34.7 Å². The van der Waals surface area contributed by atoms with Crippen LogP contribution in [0.3, 0.4) is 0 Å². The highest BCUT2D eigenvalue weighted by atomic mass is 32.1. The summed E-state index contributed by atoms with van der Waals surface area (Å²) in [5, 5.41) is 8.58. The average molecular weight is 317 g/mol. The van der Waals surface area contributed by atoms with Gasteiger partial charge >= 0.3 is 6.09 Å². The van der Waals surface area contributed by atoms with E-state index in [1.54, 1.807) is 31.2 Å². The molecule has 114 valence electrons. The number of carbonyl (C=O) groups excluding carboxylic acids is 2. The minimum Gasteiger partial charge on any atom is -0.452 e. The SMILES string of the molecule is COC(=O)NN=C(C)c1cccc(NC(=O)c2cccs2)c1. The molecule has 0 fully saturated rings. The fourth-order valence-corrected chi connectivity index (χ4v) is 2.28. The number of thiophene rings is 1. The van der Waals surface area contributed by atoms with Crippen molar-refractivity contribution in [3.8, 4) is 0 Å². The Kier molecular flexibility index (Phi) is 5.26. The second-order valence-electron chi connectivity index (χ2n) is 4.31. The Labute approximate surface area is 131 Å². The maximum atomic E-state index is 12.0. The number of amides is 2. The normalized spacial score (nSPS) is 10.9. The molecule has 2 rings (SSSR count). The van der Waals surface area contributed by atoms with Gasteiger partial charge in [0.2, 0.25) is 0 Å². The van der Waals surface area contributed by atoms with Crippen LogP contribution in [0.2, 0.25) is 0 Å². The summed E-state index contributed by atoms with van der Waals surface area (Å²) >= 11 is 1.38. The lowest BCUT2D eigenvalue weighted by molar-refractivity contribution is 0.103. The quantitative estimate of drug-likeness (QED) is 0.672. The average Bonchev–Trinajstić information content (AvgIpc) is 3.07. The number of nitrogens with zero attached hydrogens (tertiary/aromatic N) is 1. The van der Waals surface area contributed by atoms with E-state index in [2.05, 4.69) is 20.6 Å². The van der Waals surface area contributed by atoms with Gasteiger partial charge in [0.25, 0.3) is 5.91 Å². The predicted octanol–water partition coefficient (Wildman–Crippen LogP) is 3.08. The fraction of sp³-hybridized carbons (Fsp3) is 0.133. The van der Waals surface area contributed by atoms with Gasteiger partial charge in [0.05, 0.1) is 17.7 Å². The topological polar surface area (TPSA) is 79.8 Å². The molecule has 1 aromatic carbocycles. The van der Waals surface area contributed by atoms with Crippen LogP contribution in [0.4, 0.5) is 10.5 Å². The molecule has 1 aromatic heterocycles. The Morgan fingerprint density at radius 3 is 2.73 bits per heavy atom. The van der Waals surface area contributed by atoms with Gasteiger partial charge in [0.15, 0.2) is 0 Å². The summed E-state index contributed by atoms with van der Waals surface area (Å²) in [6, 6.07) is 10.8. The third-order valence-corrected chi connectivity index (χ3v) is 3.65. The van der Waals surface area contributed by atoms with Crippen molar-refractivity contribution in [2.45, 2.75) is 6.92 Å². The number of nitrogens with one attached hydrogen (secondary N) is 2. The van der Waals surface area contributed by atoms with Crippen molar-refractivity contribution in [2.24, 2.45) is 5.10 Å². The minimum atomic E-state index is -0.637. The summed E-state index contributed by atoms with van der Waals surface area (Å²) in [6.07, 6.45) is -0.637. The highest BCUT2D eigenvalue weighted by Gasteiger charge is 2.08. The molecule has 0 aliphatic rings. The first kappa shape index (κ1) is 15.7. The number of anilines is 1. The standard InChI is InChI=1S/C15H15N3O3S/c1-10(17-18-15(20)21-2)11-5-3-6-12(9-11)16-14(19)13-7-4-8-22-13/h3-9H,1-2H3,(H,16,19)(H,18,20). The van der Waals surface area contributed by atoms with E-state index in [-0.39, 0.29) is 5.91 Å². The van der Waals surface area contributed by atoms with Gasteiger partial charge in [-0.25, -0.2) is 10.2 Å². The van der Waals surface area contributed by atoms with Crippen LogP contribution < -0.4 is 10.7 Å². The molecule has 0 bridgehead atoms. The summed E-state index contributed by atoms with van der Waals surface area (Å²) in [5.41, 5.74) is 4.28. The molecule has 0 aliphatic heterocycles. The first-order chi connectivity index (χ1) is 10.6. The maximum Gasteiger partial charge on any atom is 0.427 e. The number of methoxy groups -OCH3 is 1. The Morgan fingerprint density at radius 2 is 2.05 bits per heavy atom. The van der Waals surface area contributed by atoms with Gasteiger partial charge in [-0.1, -0.05) is 18.2 Å². The second kappa shape index (κ2) is 7.37. The van der Waals surface area contributed by atoms with Gasteiger partial charge in [-0.3, -0.25) is 4.79 Å². The Hall–Kier alpha value is -2.67. The van der Waals surface area contributed by atoms with Gasteiger partial charge in [0, 0.05) is 5.69 Å². The lowest BCUT2D eigenvalue weighted by Gasteiger charge is -2.07. The Bertz CT molecular complexity index is 696. The zero-order valence-electron chi connectivity index (χ0n) is 12.1. The molecule has 0 atom stereocenters. The van der Waals surface area contributed by atoms with Crippen LogP contribution in [-0.4, -0.2) is 24.8 Å².